The number of nitrogens with zero attached hydrogens (tertiary/aromatic N) is 1. The second-order valence-corrected chi connectivity index (χ2v) is 6.75. The van der Waals surface area contributed by atoms with Crippen LogP contribution in [0.15, 0.2) is 29.2 Å². The quantitative estimate of drug-likeness (QED) is 0.758. The van der Waals surface area contributed by atoms with Crippen molar-refractivity contribution < 1.29 is 4.74 Å². The molecule has 1 aromatic carbocycles. The molecule has 106 valence electrons. The summed E-state index contributed by atoms with van der Waals surface area (Å²) in [5.74, 6) is 2.61. The van der Waals surface area contributed by atoms with E-state index < -0.39 is 0 Å². The van der Waals surface area contributed by atoms with Crippen LogP contribution in [0, 0.1) is 5.92 Å². The minimum absolute atomic E-state index is 0.678. The van der Waals surface area contributed by atoms with Gasteiger partial charge in [-0.05, 0) is 17.5 Å². The Bertz CT molecular complexity index is 394. The first-order chi connectivity index (χ1) is 9.20. The summed E-state index contributed by atoms with van der Waals surface area (Å²) < 4.78 is 5.24. The van der Waals surface area contributed by atoms with Crippen LogP contribution < -0.4 is 0 Å². The summed E-state index contributed by atoms with van der Waals surface area (Å²) in [4.78, 5) is 4.03. The summed E-state index contributed by atoms with van der Waals surface area (Å²) in [5, 5.41) is 0. The fourth-order valence-electron chi connectivity index (χ4n) is 2.69. The average molecular weight is 279 g/mol. The highest BCUT2D eigenvalue weighted by molar-refractivity contribution is 7.99. The summed E-state index contributed by atoms with van der Waals surface area (Å²) in [6.45, 7) is 8.76. The van der Waals surface area contributed by atoms with Crippen LogP contribution in [0.3, 0.4) is 0 Å². The third kappa shape index (κ3) is 4.23. The van der Waals surface area contributed by atoms with E-state index in [0.29, 0.717) is 11.8 Å². The molecule has 1 unspecified atom stereocenters. The van der Waals surface area contributed by atoms with Gasteiger partial charge in [0.1, 0.15) is 0 Å². The van der Waals surface area contributed by atoms with E-state index in [0.717, 1.165) is 26.2 Å². The van der Waals surface area contributed by atoms with Crippen molar-refractivity contribution in [2.45, 2.75) is 24.7 Å². The number of fused-ring (bicyclic) bond motifs is 1. The minimum Gasteiger partial charge on any atom is -0.383 e. The molecule has 19 heavy (non-hydrogen) atoms. The fourth-order valence-corrected chi connectivity index (χ4v) is 3.93. The van der Waals surface area contributed by atoms with Crippen molar-refractivity contribution in [3.05, 3.63) is 29.8 Å². The lowest BCUT2D eigenvalue weighted by Crippen LogP contribution is -2.34. The normalized spacial score (nSPS) is 18.3. The Labute approximate surface area is 121 Å². The van der Waals surface area contributed by atoms with Crippen LogP contribution in [0.5, 0.6) is 0 Å². The van der Waals surface area contributed by atoms with Gasteiger partial charge in [-0.25, -0.2) is 0 Å². The second-order valence-electron chi connectivity index (χ2n) is 5.69. The summed E-state index contributed by atoms with van der Waals surface area (Å²) in [6, 6.07) is 8.86. The number of methoxy groups -OCH3 is 1. The fraction of sp³-hybridized carbons (Fsp3) is 0.625. The lowest BCUT2D eigenvalue weighted by molar-refractivity contribution is 0.137. The molecule has 1 aliphatic heterocycles. The van der Waals surface area contributed by atoms with Crippen molar-refractivity contribution in [2.75, 3.05) is 39.1 Å². The molecule has 0 spiro atoms. The molecule has 1 aromatic rings. The first kappa shape index (κ1) is 14.9. The van der Waals surface area contributed by atoms with E-state index in [2.05, 4.69) is 43.0 Å². The Morgan fingerprint density at radius 2 is 2.16 bits per heavy atom. The predicted molar refractivity (Wildman–Crippen MR) is 83.1 cm³/mol. The van der Waals surface area contributed by atoms with Crippen LogP contribution in [0.4, 0.5) is 0 Å². The van der Waals surface area contributed by atoms with E-state index in [4.69, 9.17) is 4.74 Å². The van der Waals surface area contributed by atoms with Gasteiger partial charge in [0.15, 0.2) is 0 Å². The number of rotatable bonds is 7. The first-order valence-electron chi connectivity index (χ1n) is 7.13. The molecule has 0 aliphatic carbocycles. The van der Waals surface area contributed by atoms with Gasteiger partial charge < -0.3 is 9.64 Å². The Kier molecular flexibility index (Phi) is 5.74. The second kappa shape index (κ2) is 7.32. The first-order valence-corrected chi connectivity index (χ1v) is 8.12. The van der Waals surface area contributed by atoms with Crippen molar-refractivity contribution in [2.24, 2.45) is 5.92 Å². The molecule has 0 amide bonds. The molecule has 1 atom stereocenters. The van der Waals surface area contributed by atoms with E-state index in [1.807, 2.05) is 11.8 Å². The van der Waals surface area contributed by atoms with E-state index in [1.165, 1.54) is 10.6 Å². The number of hydrogen-bond acceptors (Lipinski definition) is 3. The summed E-state index contributed by atoms with van der Waals surface area (Å²) >= 11 is 2.00. The molecule has 3 heteroatoms. The topological polar surface area (TPSA) is 12.5 Å². The van der Waals surface area contributed by atoms with Gasteiger partial charge in [-0.2, -0.15) is 0 Å². The van der Waals surface area contributed by atoms with Gasteiger partial charge >= 0.3 is 0 Å². The van der Waals surface area contributed by atoms with Crippen LogP contribution in [0.1, 0.15) is 25.3 Å². The Morgan fingerprint density at radius 1 is 1.37 bits per heavy atom. The van der Waals surface area contributed by atoms with Crippen molar-refractivity contribution >= 4 is 11.8 Å². The van der Waals surface area contributed by atoms with Gasteiger partial charge in [0.05, 0.1) is 6.61 Å². The molecule has 0 fully saturated rings. The zero-order chi connectivity index (χ0) is 13.7. The number of hydrogen-bond donors (Lipinski definition) is 0. The third-order valence-electron chi connectivity index (χ3n) is 3.51. The van der Waals surface area contributed by atoms with Gasteiger partial charge in [0.2, 0.25) is 0 Å². The monoisotopic (exact) mass is 279 g/mol. The molecule has 0 saturated carbocycles. The van der Waals surface area contributed by atoms with E-state index in [9.17, 15) is 0 Å². The number of benzene rings is 1. The minimum atomic E-state index is 0.678. The predicted octanol–water partition coefficient (Wildman–Crippen LogP) is 3.48. The van der Waals surface area contributed by atoms with Crippen LogP contribution in [-0.2, 0) is 4.74 Å². The smallest absolute Gasteiger partial charge is 0.0589 e. The van der Waals surface area contributed by atoms with E-state index in [1.54, 1.807) is 12.7 Å². The molecule has 1 aliphatic rings. The maximum absolute atomic E-state index is 5.24. The maximum atomic E-state index is 5.24. The molecule has 2 nitrogen and oxygen atoms in total. The lowest BCUT2D eigenvalue weighted by atomic mass is 10.0. The molecular weight excluding hydrogens is 254 g/mol. The van der Waals surface area contributed by atoms with Crippen LogP contribution in [0.2, 0.25) is 0 Å². The summed E-state index contributed by atoms with van der Waals surface area (Å²) in [7, 11) is 1.79. The third-order valence-corrected chi connectivity index (χ3v) is 4.76. The highest BCUT2D eigenvalue weighted by Crippen LogP contribution is 2.39. The largest absolute Gasteiger partial charge is 0.383 e. The molecule has 0 aromatic heterocycles. The standard InChI is InChI=1S/C16H25NOS/c1-13(2)10-17(8-9-18-3)11-14-12-19-16-7-5-4-6-15(14)16/h4-7,13-14H,8-12H2,1-3H3. The van der Waals surface area contributed by atoms with Gasteiger partial charge in [-0.15, -0.1) is 11.8 Å². The molecular formula is C16H25NOS. The molecule has 0 bridgehead atoms. The van der Waals surface area contributed by atoms with Crippen molar-refractivity contribution in [1.29, 1.82) is 0 Å². The van der Waals surface area contributed by atoms with E-state index in [-0.39, 0.29) is 0 Å². The van der Waals surface area contributed by atoms with Crippen LogP contribution in [0.25, 0.3) is 0 Å². The highest BCUT2D eigenvalue weighted by Gasteiger charge is 2.24. The maximum Gasteiger partial charge on any atom is 0.0589 e. The zero-order valence-corrected chi connectivity index (χ0v) is 13.1. The zero-order valence-electron chi connectivity index (χ0n) is 12.3. The Balaban J connectivity index is 1.97. The summed E-state index contributed by atoms with van der Waals surface area (Å²) in [5.41, 5.74) is 1.54. The number of thioether (sulfide) groups is 1. The van der Waals surface area contributed by atoms with Crippen molar-refractivity contribution in [3.8, 4) is 0 Å². The van der Waals surface area contributed by atoms with Crippen molar-refractivity contribution in [3.63, 3.8) is 0 Å². The van der Waals surface area contributed by atoms with Crippen LogP contribution >= 0.6 is 11.8 Å². The average Bonchev–Trinajstić information content (AvgIpc) is 2.79. The lowest BCUT2D eigenvalue weighted by Gasteiger charge is -2.27. The molecule has 1 heterocycles. The number of ether oxygens (including phenoxy) is 1. The van der Waals surface area contributed by atoms with Gasteiger partial charge in [0, 0.05) is 43.3 Å². The molecule has 0 saturated heterocycles. The molecule has 0 radical (unpaired) electrons. The Morgan fingerprint density at radius 3 is 2.89 bits per heavy atom. The SMILES string of the molecule is COCCN(CC(C)C)CC1CSc2ccccc21. The molecule has 0 N–H and O–H groups in total. The molecule has 2 rings (SSSR count). The van der Waals surface area contributed by atoms with Gasteiger partial charge in [-0.1, -0.05) is 32.0 Å². The van der Waals surface area contributed by atoms with Crippen molar-refractivity contribution in [1.82, 2.24) is 4.90 Å². The Hall–Kier alpha value is -0.510. The van der Waals surface area contributed by atoms with Gasteiger partial charge in [-0.3, -0.25) is 0 Å². The highest BCUT2D eigenvalue weighted by atomic mass is 32.2. The summed E-state index contributed by atoms with van der Waals surface area (Å²) in [6.07, 6.45) is 0. The van der Waals surface area contributed by atoms with Crippen LogP contribution in [-0.4, -0.2) is 44.0 Å². The van der Waals surface area contributed by atoms with Gasteiger partial charge in [0.25, 0.3) is 0 Å². The van der Waals surface area contributed by atoms with E-state index >= 15 is 0 Å².